The molecule has 130 valence electrons. The molecule has 1 amide bonds. The lowest BCUT2D eigenvalue weighted by Crippen LogP contribution is -2.51. The van der Waals surface area contributed by atoms with Crippen molar-refractivity contribution < 1.29 is 9.18 Å². The zero-order valence-corrected chi connectivity index (χ0v) is 14.1. The first kappa shape index (κ1) is 18.4. The van der Waals surface area contributed by atoms with Gasteiger partial charge in [-0.25, -0.2) is 9.07 Å². The van der Waals surface area contributed by atoms with Crippen LogP contribution in [-0.2, 0) is 6.54 Å². The van der Waals surface area contributed by atoms with E-state index in [0.717, 1.165) is 31.2 Å². The summed E-state index contributed by atoms with van der Waals surface area (Å²) in [6.45, 7) is 0.788. The molecule has 0 bridgehead atoms. The highest BCUT2D eigenvalue weighted by molar-refractivity contribution is 5.92. The Balaban J connectivity index is 0.00000208. The van der Waals surface area contributed by atoms with Crippen molar-refractivity contribution in [2.24, 2.45) is 5.73 Å². The number of benzene rings is 1. The van der Waals surface area contributed by atoms with Crippen LogP contribution in [0.1, 0.15) is 41.7 Å². The Labute approximate surface area is 146 Å². The molecule has 0 spiro atoms. The van der Waals surface area contributed by atoms with Crippen molar-refractivity contribution in [2.75, 3.05) is 6.54 Å². The number of aromatic nitrogens is 3. The van der Waals surface area contributed by atoms with Crippen LogP contribution in [0.15, 0.2) is 30.5 Å². The summed E-state index contributed by atoms with van der Waals surface area (Å²) in [4.78, 5) is 12.3. The molecule has 3 N–H and O–H groups in total. The molecule has 3 rings (SSSR count). The van der Waals surface area contributed by atoms with E-state index in [-0.39, 0.29) is 35.4 Å². The Morgan fingerprint density at radius 1 is 1.38 bits per heavy atom. The van der Waals surface area contributed by atoms with Crippen LogP contribution in [0.25, 0.3) is 0 Å². The van der Waals surface area contributed by atoms with Crippen molar-refractivity contribution in [3.05, 3.63) is 47.5 Å². The van der Waals surface area contributed by atoms with Crippen molar-refractivity contribution >= 4 is 18.3 Å². The highest BCUT2D eigenvalue weighted by Crippen LogP contribution is 2.28. The summed E-state index contributed by atoms with van der Waals surface area (Å²) >= 11 is 0. The SMILES string of the molecule is Cl.NCC1(NC(=O)c2cn(Cc3cccc(F)c3)nn2)CCCC1. The molecule has 0 saturated heterocycles. The molecule has 1 heterocycles. The summed E-state index contributed by atoms with van der Waals surface area (Å²) in [7, 11) is 0. The summed E-state index contributed by atoms with van der Waals surface area (Å²) in [5, 5.41) is 10.9. The number of carbonyl (C=O) groups excluding carboxylic acids is 1. The fraction of sp³-hybridized carbons (Fsp3) is 0.438. The van der Waals surface area contributed by atoms with E-state index in [0.29, 0.717) is 13.1 Å². The topological polar surface area (TPSA) is 85.8 Å². The standard InChI is InChI=1S/C16H20FN5O.ClH/c17-13-5-3-4-12(8-13)9-22-10-14(20-21-22)15(23)19-16(11-18)6-1-2-7-16;/h3-5,8,10H,1-2,6-7,9,11,18H2,(H,19,23);1H. The molecule has 0 unspecified atom stereocenters. The Morgan fingerprint density at radius 3 is 2.79 bits per heavy atom. The van der Waals surface area contributed by atoms with Gasteiger partial charge in [-0.05, 0) is 30.5 Å². The largest absolute Gasteiger partial charge is 0.344 e. The lowest BCUT2D eigenvalue weighted by molar-refractivity contribution is 0.0898. The Hall–Kier alpha value is -1.99. The quantitative estimate of drug-likeness (QED) is 0.859. The van der Waals surface area contributed by atoms with E-state index in [4.69, 9.17) is 5.73 Å². The molecule has 0 atom stereocenters. The first-order valence-corrected chi connectivity index (χ1v) is 7.77. The third kappa shape index (κ3) is 4.10. The van der Waals surface area contributed by atoms with Gasteiger partial charge in [-0.2, -0.15) is 0 Å². The maximum atomic E-state index is 13.2. The van der Waals surface area contributed by atoms with Crippen LogP contribution in [0, 0.1) is 5.82 Å². The van der Waals surface area contributed by atoms with Crippen molar-refractivity contribution in [1.29, 1.82) is 0 Å². The molecule has 0 radical (unpaired) electrons. The molecule has 2 aromatic rings. The molecule has 1 saturated carbocycles. The van der Waals surface area contributed by atoms with Gasteiger partial charge >= 0.3 is 0 Å². The van der Waals surface area contributed by atoms with E-state index in [1.807, 2.05) is 0 Å². The Bertz CT molecular complexity index is 699. The van der Waals surface area contributed by atoms with Gasteiger partial charge in [0.15, 0.2) is 5.69 Å². The van der Waals surface area contributed by atoms with Crippen molar-refractivity contribution in [1.82, 2.24) is 20.3 Å². The zero-order valence-electron chi connectivity index (χ0n) is 13.2. The predicted octanol–water partition coefficient (Wildman–Crippen LogP) is 1.89. The lowest BCUT2D eigenvalue weighted by atomic mass is 9.98. The third-order valence-corrected chi connectivity index (χ3v) is 4.33. The molecule has 6 nitrogen and oxygen atoms in total. The van der Waals surface area contributed by atoms with E-state index in [2.05, 4.69) is 15.6 Å². The minimum atomic E-state index is -0.316. The first-order chi connectivity index (χ1) is 11.1. The molecule has 1 aliphatic carbocycles. The second kappa shape index (κ2) is 7.72. The minimum Gasteiger partial charge on any atom is -0.344 e. The third-order valence-electron chi connectivity index (χ3n) is 4.33. The number of nitrogens with zero attached hydrogens (tertiary/aromatic N) is 3. The molecule has 24 heavy (non-hydrogen) atoms. The molecule has 0 aliphatic heterocycles. The smallest absolute Gasteiger partial charge is 0.273 e. The van der Waals surface area contributed by atoms with Crippen molar-refractivity contribution in [3.63, 3.8) is 0 Å². The number of carbonyl (C=O) groups is 1. The van der Waals surface area contributed by atoms with Crippen LogP contribution in [0.5, 0.6) is 0 Å². The average Bonchev–Trinajstić information content (AvgIpc) is 3.17. The second-order valence-corrected chi connectivity index (χ2v) is 6.08. The molecule has 1 aromatic carbocycles. The molecular formula is C16H21ClFN5O. The van der Waals surface area contributed by atoms with Gasteiger partial charge < -0.3 is 11.1 Å². The first-order valence-electron chi connectivity index (χ1n) is 7.77. The predicted molar refractivity (Wildman–Crippen MR) is 90.5 cm³/mol. The van der Waals surface area contributed by atoms with Gasteiger partial charge in [0, 0.05) is 6.54 Å². The van der Waals surface area contributed by atoms with Gasteiger partial charge in [-0.1, -0.05) is 30.2 Å². The zero-order chi connectivity index (χ0) is 16.3. The molecule has 8 heteroatoms. The highest BCUT2D eigenvalue weighted by atomic mass is 35.5. The number of hydrogen-bond acceptors (Lipinski definition) is 4. The van der Waals surface area contributed by atoms with Crippen molar-refractivity contribution in [3.8, 4) is 0 Å². The Kier molecular flexibility index (Phi) is 5.90. The van der Waals surface area contributed by atoms with Gasteiger partial charge in [0.1, 0.15) is 5.82 Å². The summed E-state index contributed by atoms with van der Waals surface area (Å²) in [6.07, 6.45) is 5.51. The molecule has 1 fully saturated rings. The number of halogens is 2. The summed E-state index contributed by atoms with van der Waals surface area (Å²) in [5.41, 5.74) is 6.52. The van der Waals surface area contributed by atoms with E-state index >= 15 is 0 Å². The van der Waals surface area contributed by atoms with Crippen LogP contribution in [0.4, 0.5) is 4.39 Å². The van der Waals surface area contributed by atoms with Gasteiger partial charge in [0.25, 0.3) is 5.91 Å². The summed E-state index contributed by atoms with van der Waals surface area (Å²) in [6, 6.07) is 6.26. The lowest BCUT2D eigenvalue weighted by Gasteiger charge is -2.28. The van der Waals surface area contributed by atoms with Crippen LogP contribution in [0.3, 0.4) is 0 Å². The number of rotatable bonds is 5. The van der Waals surface area contributed by atoms with E-state index < -0.39 is 0 Å². The molecule has 1 aliphatic rings. The molecular weight excluding hydrogens is 333 g/mol. The molecule has 1 aromatic heterocycles. The fourth-order valence-corrected chi connectivity index (χ4v) is 3.04. The van der Waals surface area contributed by atoms with Gasteiger partial charge in [-0.15, -0.1) is 17.5 Å². The monoisotopic (exact) mass is 353 g/mol. The minimum absolute atomic E-state index is 0. The number of amides is 1. The number of hydrogen-bond donors (Lipinski definition) is 2. The van der Waals surface area contributed by atoms with E-state index in [1.165, 1.54) is 16.8 Å². The van der Waals surface area contributed by atoms with Crippen LogP contribution < -0.4 is 11.1 Å². The number of nitrogens with two attached hydrogens (primary N) is 1. The van der Waals surface area contributed by atoms with Crippen LogP contribution in [0.2, 0.25) is 0 Å². The second-order valence-electron chi connectivity index (χ2n) is 6.08. The van der Waals surface area contributed by atoms with E-state index in [9.17, 15) is 9.18 Å². The fourth-order valence-electron chi connectivity index (χ4n) is 3.04. The maximum Gasteiger partial charge on any atom is 0.273 e. The maximum absolute atomic E-state index is 13.2. The number of nitrogens with one attached hydrogen (secondary N) is 1. The van der Waals surface area contributed by atoms with Gasteiger partial charge in [0.2, 0.25) is 0 Å². The van der Waals surface area contributed by atoms with Crippen molar-refractivity contribution in [2.45, 2.75) is 37.8 Å². The highest BCUT2D eigenvalue weighted by Gasteiger charge is 2.34. The summed E-state index contributed by atoms with van der Waals surface area (Å²) < 4.78 is 14.7. The Morgan fingerprint density at radius 2 is 2.12 bits per heavy atom. The normalized spacial score (nSPS) is 15.8. The van der Waals surface area contributed by atoms with Gasteiger partial charge in [0.05, 0.1) is 18.3 Å². The summed E-state index contributed by atoms with van der Waals surface area (Å²) in [5.74, 6) is -0.561. The average molecular weight is 354 g/mol. The van der Waals surface area contributed by atoms with Crippen LogP contribution >= 0.6 is 12.4 Å². The van der Waals surface area contributed by atoms with Gasteiger partial charge in [-0.3, -0.25) is 4.79 Å². The van der Waals surface area contributed by atoms with E-state index in [1.54, 1.807) is 18.3 Å². The van der Waals surface area contributed by atoms with Crippen LogP contribution in [-0.4, -0.2) is 33.0 Å².